The van der Waals surface area contributed by atoms with Crippen LogP contribution < -0.4 is 5.19 Å². The average Bonchev–Trinajstić information content (AvgIpc) is 2.65. The van der Waals surface area contributed by atoms with Crippen molar-refractivity contribution in [2.24, 2.45) is 0 Å². The van der Waals surface area contributed by atoms with E-state index < -0.39 is 8.07 Å². The van der Waals surface area contributed by atoms with E-state index in [4.69, 9.17) is 0 Å². The van der Waals surface area contributed by atoms with Gasteiger partial charge in [0.1, 0.15) is 0 Å². The van der Waals surface area contributed by atoms with Crippen LogP contribution in [0.25, 0.3) is 11.1 Å². The first-order chi connectivity index (χ1) is 8.07. The number of hydrogen-bond donors (Lipinski definition) is 0. The molecule has 0 saturated carbocycles. The lowest BCUT2D eigenvalue weighted by molar-refractivity contribution is 1.55. The molecule has 2 radical (unpaired) electrons. The van der Waals surface area contributed by atoms with Crippen molar-refractivity contribution in [3.8, 4) is 11.1 Å². The van der Waals surface area contributed by atoms with Crippen molar-refractivity contribution in [1.82, 2.24) is 0 Å². The molecule has 2 aromatic carbocycles. The van der Waals surface area contributed by atoms with Crippen molar-refractivity contribution < 1.29 is 0 Å². The predicted molar refractivity (Wildman–Crippen MR) is 76.3 cm³/mol. The summed E-state index contributed by atoms with van der Waals surface area (Å²) in [5, 5.41) is 1.52. The van der Waals surface area contributed by atoms with E-state index in [1.165, 1.54) is 27.4 Å². The van der Waals surface area contributed by atoms with Crippen molar-refractivity contribution in [2.75, 3.05) is 0 Å². The number of hydrogen-bond acceptors (Lipinski definition) is 0. The Bertz CT molecular complexity index is 576. The molecule has 1 aliphatic rings. The van der Waals surface area contributed by atoms with E-state index >= 15 is 0 Å². The molecule has 0 heterocycles. The summed E-state index contributed by atoms with van der Waals surface area (Å²) in [6, 6.07) is 15.2. The normalized spacial score (nSPS) is 13.4. The molecule has 0 unspecified atom stereocenters. The van der Waals surface area contributed by atoms with E-state index in [0.29, 0.717) is 0 Å². The fourth-order valence-electron chi connectivity index (χ4n) is 2.50. The van der Waals surface area contributed by atoms with Crippen molar-refractivity contribution >= 4 is 13.3 Å². The molecule has 3 rings (SSSR count). The standard InChI is InChI=1S/C16H16Si/c1-17(2,3)16-10-6-9-14-13-8-5-4-7-12(13)11-15(14)16/h4-10H,1-3H3. The van der Waals surface area contributed by atoms with E-state index in [9.17, 15) is 0 Å². The summed E-state index contributed by atoms with van der Waals surface area (Å²) in [6.07, 6.45) is 3.59. The quantitative estimate of drug-likeness (QED) is 0.565. The number of rotatable bonds is 1. The summed E-state index contributed by atoms with van der Waals surface area (Å²) < 4.78 is 0. The van der Waals surface area contributed by atoms with Crippen LogP contribution in [-0.4, -0.2) is 8.07 Å². The van der Waals surface area contributed by atoms with Gasteiger partial charge in [-0.25, -0.2) is 0 Å². The number of benzene rings is 2. The summed E-state index contributed by atoms with van der Waals surface area (Å²) >= 11 is 0. The molecule has 0 amide bonds. The zero-order chi connectivity index (χ0) is 12.0. The van der Waals surface area contributed by atoms with Crippen LogP contribution in [0.5, 0.6) is 0 Å². The summed E-state index contributed by atoms with van der Waals surface area (Å²) in [7, 11) is -1.29. The monoisotopic (exact) mass is 236 g/mol. The highest BCUT2D eigenvalue weighted by molar-refractivity contribution is 6.89. The molecule has 0 nitrogen and oxygen atoms in total. The largest absolute Gasteiger partial charge is 0.0780 e. The smallest absolute Gasteiger partial charge is 0.0656 e. The van der Waals surface area contributed by atoms with Gasteiger partial charge < -0.3 is 0 Å². The van der Waals surface area contributed by atoms with Gasteiger partial charge in [-0.1, -0.05) is 67.3 Å². The van der Waals surface area contributed by atoms with Crippen LogP contribution in [0.2, 0.25) is 19.6 Å². The summed E-state index contributed by atoms with van der Waals surface area (Å²) in [5.74, 6) is 0. The average molecular weight is 236 g/mol. The Morgan fingerprint density at radius 1 is 0.824 bits per heavy atom. The lowest BCUT2D eigenvalue weighted by Gasteiger charge is -2.20. The molecule has 0 spiro atoms. The van der Waals surface area contributed by atoms with Crippen LogP contribution in [0, 0.1) is 6.42 Å². The van der Waals surface area contributed by atoms with E-state index in [1.54, 1.807) is 0 Å². The first kappa shape index (κ1) is 10.8. The maximum atomic E-state index is 3.59. The highest BCUT2D eigenvalue weighted by Crippen LogP contribution is 2.37. The lowest BCUT2D eigenvalue weighted by atomic mass is 10.1. The molecule has 0 aliphatic heterocycles. The minimum Gasteiger partial charge on any atom is -0.0656 e. The maximum Gasteiger partial charge on any atom is 0.0780 e. The highest BCUT2D eigenvalue weighted by atomic mass is 28.3. The molecule has 1 heteroatoms. The van der Waals surface area contributed by atoms with Gasteiger partial charge in [0.15, 0.2) is 0 Å². The van der Waals surface area contributed by atoms with Crippen LogP contribution in [-0.2, 0) is 0 Å². The third-order valence-electron chi connectivity index (χ3n) is 3.35. The maximum absolute atomic E-state index is 3.59. The van der Waals surface area contributed by atoms with Crippen LogP contribution in [0.3, 0.4) is 0 Å². The molecule has 0 fully saturated rings. The Labute approximate surface area is 104 Å². The Morgan fingerprint density at radius 2 is 1.53 bits per heavy atom. The van der Waals surface area contributed by atoms with Gasteiger partial charge in [-0.05, 0) is 22.3 Å². The SMILES string of the molecule is C[Si](C)(C)c1cccc2c1[C]c1ccccc1-2. The Balaban J connectivity index is 2.24. The summed E-state index contributed by atoms with van der Waals surface area (Å²) in [5.41, 5.74) is 5.28. The first-order valence-electron chi connectivity index (χ1n) is 6.07. The highest BCUT2D eigenvalue weighted by Gasteiger charge is 2.27. The van der Waals surface area contributed by atoms with Gasteiger partial charge in [-0.3, -0.25) is 0 Å². The molecule has 17 heavy (non-hydrogen) atoms. The van der Waals surface area contributed by atoms with E-state index in [-0.39, 0.29) is 0 Å². The zero-order valence-corrected chi connectivity index (χ0v) is 11.5. The van der Waals surface area contributed by atoms with Gasteiger partial charge in [0.05, 0.1) is 14.5 Å². The molecular formula is C16H16Si. The Kier molecular flexibility index (Phi) is 2.27. The zero-order valence-electron chi connectivity index (χ0n) is 10.5. The van der Waals surface area contributed by atoms with Crippen LogP contribution >= 0.6 is 0 Å². The minimum atomic E-state index is -1.29. The Hall–Kier alpha value is -1.34. The van der Waals surface area contributed by atoms with Gasteiger partial charge in [0.25, 0.3) is 0 Å². The van der Waals surface area contributed by atoms with Crippen molar-refractivity contribution in [3.63, 3.8) is 0 Å². The van der Waals surface area contributed by atoms with Crippen molar-refractivity contribution in [1.29, 1.82) is 0 Å². The molecule has 0 N–H and O–H groups in total. The van der Waals surface area contributed by atoms with Crippen LogP contribution in [0.15, 0.2) is 42.5 Å². The first-order valence-corrected chi connectivity index (χ1v) is 9.57. The summed E-state index contributed by atoms with van der Waals surface area (Å²) in [4.78, 5) is 0. The predicted octanol–water partition coefficient (Wildman–Crippen LogP) is 3.69. The minimum absolute atomic E-state index is 1.24. The third-order valence-corrected chi connectivity index (χ3v) is 5.38. The van der Waals surface area contributed by atoms with Crippen molar-refractivity contribution in [2.45, 2.75) is 19.6 Å². The molecular weight excluding hydrogens is 220 g/mol. The van der Waals surface area contributed by atoms with Crippen molar-refractivity contribution in [3.05, 3.63) is 60.0 Å². The van der Waals surface area contributed by atoms with E-state index in [2.05, 4.69) is 68.5 Å². The third kappa shape index (κ3) is 1.66. The van der Waals surface area contributed by atoms with E-state index in [0.717, 1.165) is 0 Å². The van der Waals surface area contributed by atoms with Gasteiger partial charge in [-0.2, -0.15) is 0 Å². The van der Waals surface area contributed by atoms with E-state index in [1.807, 2.05) is 0 Å². The second-order valence-corrected chi connectivity index (χ2v) is 10.7. The molecule has 0 bridgehead atoms. The molecule has 0 saturated heterocycles. The fourth-order valence-corrected chi connectivity index (χ4v) is 4.04. The van der Waals surface area contributed by atoms with Gasteiger partial charge in [0, 0.05) is 0 Å². The van der Waals surface area contributed by atoms with Gasteiger partial charge in [0.2, 0.25) is 0 Å². The molecule has 0 atom stereocenters. The van der Waals surface area contributed by atoms with Gasteiger partial charge >= 0.3 is 0 Å². The second-order valence-electron chi connectivity index (χ2n) is 5.65. The molecule has 2 aromatic rings. The van der Waals surface area contributed by atoms with Crippen LogP contribution in [0.4, 0.5) is 0 Å². The number of fused-ring (bicyclic) bond motifs is 3. The second kappa shape index (κ2) is 3.57. The summed E-state index contributed by atoms with van der Waals surface area (Å²) in [6.45, 7) is 7.19. The Morgan fingerprint density at radius 3 is 2.29 bits per heavy atom. The lowest BCUT2D eigenvalue weighted by Crippen LogP contribution is -2.39. The fraction of sp³-hybridized carbons (Fsp3) is 0.188. The van der Waals surface area contributed by atoms with Gasteiger partial charge in [-0.15, -0.1) is 0 Å². The topological polar surface area (TPSA) is 0 Å². The molecule has 1 aliphatic carbocycles. The molecule has 84 valence electrons. The molecule has 0 aromatic heterocycles. The van der Waals surface area contributed by atoms with Crippen LogP contribution in [0.1, 0.15) is 11.1 Å².